The topological polar surface area (TPSA) is 97.1 Å². The van der Waals surface area contributed by atoms with Gasteiger partial charge in [-0.1, -0.05) is 46.7 Å². The highest BCUT2D eigenvalue weighted by Crippen LogP contribution is 2.31. The van der Waals surface area contributed by atoms with E-state index in [0.29, 0.717) is 27.2 Å². The van der Waals surface area contributed by atoms with Crippen molar-refractivity contribution in [2.75, 3.05) is 19.0 Å². The van der Waals surface area contributed by atoms with Crippen LogP contribution < -0.4 is 14.8 Å². The molecular weight excluding hydrogens is 424 g/mol. The molecule has 3 rings (SSSR count). The van der Waals surface area contributed by atoms with Crippen molar-refractivity contribution in [1.29, 1.82) is 5.26 Å². The molecule has 0 aliphatic carbocycles. The minimum absolute atomic E-state index is 0.0789. The molecule has 152 valence electrons. The lowest BCUT2D eigenvalue weighted by Gasteiger charge is -2.09. The smallest absolute Gasteiger partial charge is 0.286 e. The summed E-state index contributed by atoms with van der Waals surface area (Å²) in [5.74, 6) is 0.574. The molecule has 1 N–H and O–H groups in total. The zero-order chi connectivity index (χ0) is 21.5. The summed E-state index contributed by atoms with van der Waals surface area (Å²) >= 11 is 7.47. The number of nitrogens with zero attached hydrogens (tertiary/aromatic N) is 3. The average Bonchev–Trinajstić information content (AvgIpc) is 3.25. The van der Waals surface area contributed by atoms with Crippen molar-refractivity contribution in [3.8, 4) is 17.6 Å². The molecule has 0 aliphatic heterocycles. The molecule has 7 nitrogen and oxygen atoms in total. The van der Waals surface area contributed by atoms with Crippen molar-refractivity contribution in [2.24, 2.45) is 0 Å². The summed E-state index contributed by atoms with van der Waals surface area (Å²) in [4.78, 5) is 12.4. The fraction of sp³-hybridized carbons (Fsp3) is 0.143. The Morgan fingerprint density at radius 2 is 1.93 bits per heavy atom. The highest BCUT2D eigenvalue weighted by molar-refractivity contribution is 7.15. The van der Waals surface area contributed by atoms with Gasteiger partial charge in [-0.15, -0.1) is 10.2 Å². The van der Waals surface area contributed by atoms with Gasteiger partial charge in [0.25, 0.3) is 5.91 Å². The van der Waals surface area contributed by atoms with Gasteiger partial charge in [0, 0.05) is 5.69 Å². The fourth-order valence-corrected chi connectivity index (χ4v) is 3.37. The summed E-state index contributed by atoms with van der Waals surface area (Å²) in [6.07, 6.45) is 1.68. The number of methoxy groups -OCH3 is 1. The number of benzene rings is 2. The Kier molecular flexibility index (Phi) is 7.01. The van der Waals surface area contributed by atoms with Crippen LogP contribution in [0.25, 0.3) is 11.1 Å². The number of rotatable bonds is 7. The molecule has 0 radical (unpaired) electrons. The summed E-state index contributed by atoms with van der Waals surface area (Å²) in [6, 6.07) is 14.5. The maximum absolute atomic E-state index is 12.4. The summed E-state index contributed by atoms with van der Waals surface area (Å²) in [5, 5.41) is 20.3. The molecule has 0 fully saturated rings. The van der Waals surface area contributed by atoms with E-state index in [1.165, 1.54) is 7.11 Å². The van der Waals surface area contributed by atoms with E-state index in [2.05, 4.69) is 15.5 Å². The second kappa shape index (κ2) is 9.87. The van der Waals surface area contributed by atoms with Crippen LogP contribution >= 0.6 is 22.9 Å². The summed E-state index contributed by atoms with van der Waals surface area (Å²) < 4.78 is 10.6. The summed E-state index contributed by atoms with van der Waals surface area (Å²) in [7, 11) is 1.51. The predicted molar refractivity (Wildman–Crippen MR) is 117 cm³/mol. The lowest BCUT2D eigenvalue weighted by atomic mass is 10.2. The van der Waals surface area contributed by atoms with Crippen molar-refractivity contribution < 1.29 is 14.3 Å². The van der Waals surface area contributed by atoms with Gasteiger partial charge in [0.05, 0.1) is 12.1 Å². The van der Waals surface area contributed by atoms with E-state index in [4.69, 9.17) is 26.3 Å². The molecule has 30 heavy (non-hydrogen) atoms. The predicted octanol–water partition coefficient (Wildman–Crippen LogP) is 4.75. The number of nitriles is 1. The SMILES string of the molecule is COc1cc(/C=C(\Cl)c2nnc(C(=O)Nc3ccc(C)cc3)s2)ccc1OCC#N. The number of amides is 1. The van der Waals surface area contributed by atoms with Crippen LogP contribution in [0.15, 0.2) is 42.5 Å². The van der Waals surface area contributed by atoms with Crippen molar-refractivity contribution in [2.45, 2.75) is 6.92 Å². The molecule has 1 heterocycles. The number of hydrogen-bond donors (Lipinski definition) is 1. The molecule has 1 aromatic heterocycles. The Morgan fingerprint density at radius 3 is 2.63 bits per heavy atom. The maximum atomic E-state index is 12.4. The molecule has 0 saturated carbocycles. The molecule has 0 saturated heterocycles. The number of anilines is 1. The van der Waals surface area contributed by atoms with Gasteiger partial charge in [-0.25, -0.2) is 0 Å². The van der Waals surface area contributed by atoms with Gasteiger partial charge in [-0.05, 0) is 42.8 Å². The van der Waals surface area contributed by atoms with Crippen molar-refractivity contribution in [3.63, 3.8) is 0 Å². The molecule has 3 aromatic rings. The number of carbonyl (C=O) groups excluding carboxylic acids is 1. The zero-order valence-electron chi connectivity index (χ0n) is 16.2. The highest BCUT2D eigenvalue weighted by atomic mass is 35.5. The number of hydrogen-bond acceptors (Lipinski definition) is 7. The van der Waals surface area contributed by atoms with Gasteiger partial charge in [0.2, 0.25) is 5.01 Å². The van der Waals surface area contributed by atoms with Crippen LogP contribution in [-0.4, -0.2) is 29.8 Å². The van der Waals surface area contributed by atoms with Crippen molar-refractivity contribution in [1.82, 2.24) is 10.2 Å². The first-order valence-corrected chi connectivity index (χ1v) is 9.96. The minimum Gasteiger partial charge on any atom is -0.493 e. The average molecular weight is 441 g/mol. The van der Waals surface area contributed by atoms with Gasteiger partial charge >= 0.3 is 0 Å². The van der Waals surface area contributed by atoms with E-state index in [1.807, 2.05) is 37.3 Å². The molecule has 0 bridgehead atoms. The van der Waals surface area contributed by atoms with Crippen LogP contribution in [-0.2, 0) is 0 Å². The van der Waals surface area contributed by atoms with Crippen LogP contribution in [0.1, 0.15) is 25.9 Å². The maximum Gasteiger partial charge on any atom is 0.286 e. The first-order chi connectivity index (χ1) is 14.5. The number of ether oxygens (including phenoxy) is 2. The van der Waals surface area contributed by atoms with Crippen LogP contribution in [0.5, 0.6) is 11.5 Å². The molecule has 2 aromatic carbocycles. The van der Waals surface area contributed by atoms with Gasteiger partial charge < -0.3 is 14.8 Å². The van der Waals surface area contributed by atoms with Crippen molar-refractivity contribution in [3.05, 3.63) is 63.6 Å². The van der Waals surface area contributed by atoms with E-state index < -0.39 is 0 Å². The fourth-order valence-electron chi connectivity index (χ4n) is 2.44. The monoisotopic (exact) mass is 440 g/mol. The van der Waals surface area contributed by atoms with E-state index in [0.717, 1.165) is 22.5 Å². The molecular formula is C21H17ClN4O3S. The lowest BCUT2D eigenvalue weighted by Crippen LogP contribution is -2.11. The normalized spacial score (nSPS) is 10.9. The molecule has 0 aliphatic rings. The Hall–Kier alpha value is -3.41. The third-order valence-electron chi connectivity index (χ3n) is 3.91. The quantitative estimate of drug-likeness (QED) is 0.569. The number of aromatic nitrogens is 2. The Bertz CT molecular complexity index is 1120. The van der Waals surface area contributed by atoms with Crippen LogP contribution in [0, 0.1) is 18.3 Å². The van der Waals surface area contributed by atoms with Crippen LogP contribution in [0.4, 0.5) is 5.69 Å². The number of aryl methyl sites for hydroxylation is 1. The standard InChI is InChI=1S/C21H17ClN4O3S/c1-13-3-6-15(7-4-13)24-19(27)21-26-25-20(30-21)16(22)11-14-5-8-17(29-10-9-23)18(12-14)28-2/h3-8,11-12H,10H2,1-2H3,(H,24,27)/b16-11-. The summed E-state index contributed by atoms with van der Waals surface area (Å²) in [5.41, 5.74) is 2.52. The van der Waals surface area contributed by atoms with Gasteiger partial charge in [-0.2, -0.15) is 5.26 Å². The van der Waals surface area contributed by atoms with E-state index in [-0.39, 0.29) is 17.5 Å². The first-order valence-electron chi connectivity index (χ1n) is 8.77. The Labute approximate surface area is 182 Å². The summed E-state index contributed by atoms with van der Waals surface area (Å²) in [6.45, 7) is 1.89. The molecule has 9 heteroatoms. The Morgan fingerprint density at radius 1 is 1.20 bits per heavy atom. The van der Waals surface area contributed by atoms with E-state index in [9.17, 15) is 4.79 Å². The van der Waals surface area contributed by atoms with Crippen LogP contribution in [0.3, 0.4) is 0 Å². The first kappa shape index (κ1) is 21.3. The number of carbonyl (C=O) groups is 1. The molecule has 0 atom stereocenters. The van der Waals surface area contributed by atoms with Gasteiger partial charge in [-0.3, -0.25) is 4.79 Å². The van der Waals surface area contributed by atoms with E-state index >= 15 is 0 Å². The largest absolute Gasteiger partial charge is 0.493 e. The molecule has 0 unspecified atom stereocenters. The lowest BCUT2D eigenvalue weighted by molar-refractivity contribution is 0.102. The van der Waals surface area contributed by atoms with E-state index in [1.54, 1.807) is 24.3 Å². The van der Waals surface area contributed by atoms with Gasteiger partial charge in [0.1, 0.15) is 6.07 Å². The number of halogens is 1. The van der Waals surface area contributed by atoms with Crippen LogP contribution in [0.2, 0.25) is 0 Å². The second-order valence-corrected chi connectivity index (χ2v) is 7.47. The second-order valence-electron chi connectivity index (χ2n) is 6.08. The highest BCUT2D eigenvalue weighted by Gasteiger charge is 2.15. The Balaban J connectivity index is 1.74. The minimum atomic E-state index is -0.354. The third-order valence-corrected chi connectivity index (χ3v) is 5.26. The third kappa shape index (κ3) is 5.35. The molecule has 0 spiro atoms. The number of nitrogens with one attached hydrogen (secondary N) is 1. The van der Waals surface area contributed by atoms with Crippen molar-refractivity contribution >= 4 is 45.6 Å². The molecule has 1 amide bonds. The zero-order valence-corrected chi connectivity index (χ0v) is 17.8. The van der Waals surface area contributed by atoms with Gasteiger partial charge in [0.15, 0.2) is 23.1 Å².